The summed E-state index contributed by atoms with van der Waals surface area (Å²) in [7, 11) is 0. The second kappa shape index (κ2) is 3.91. The lowest BCUT2D eigenvalue weighted by molar-refractivity contribution is -0.819. The first-order valence-electron chi connectivity index (χ1n) is 5.96. The maximum Gasteiger partial charge on any atom is 0.322 e. The minimum Gasteiger partial charge on any atom is -0.623 e. The number of nitrogens with zero attached hydrogens (tertiary/aromatic N) is 2. The average molecular weight is 235 g/mol. The molecule has 1 saturated carbocycles. The Morgan fingerprint density at radius 3 is 2.76 bits per heavy atom. The smallest absolute Gasteiger partial charge is 0.322 e. The zero-order chi connectivity index (χ0) is 11.8. The molecule has 0 saturated heterocycles. The molecule has 2 atom stereocenters. The van der Waals surface area contributed by atoms with Gasteiger partial charge in [0.15, 0.2) is 0 Å². The molecule has 5 nitrogen and oxygen atoms in total. The molecule has 17 heavy (non-hydrogen) atoms. The summed E-state index contributed by atoms with van der Waals surface area (Å²) in [6.07, 6.45) is 6.79. The topological polar surface area (TPSA) is 62.5 Å². The molecule has 1 aliphatic carbocycles. The number of fused-ring (bicyclic) bond motifs is 1. The number of hydrogen-bond acceptors (Lipinski definition) is 3. The van der Waals surface area contributed by atoms with Gasteiger partial charge >= 0.3 is 5.71 Å². The van der Waals surface area contributed by atoms with Gasteiger partial charge in [0.25, 0.3) is 12.3 Å². The molecule has 90 valence electrons. The van der Waals surface area contributed by atoms with E-state index < -0.39 is 0 Å². The summed E-state index contributed by atoms with van der Waals surface area (Å²) in [5, 5.41) is 22.2. The van der Waals surface area contributed by atoms with Crippen molar-refractivity contribution < 1.29 is 19.1 Å². The highest BCUT2D eigenvalue weighted by molar-refractivity contribution is 6.33. The molecule has 2 heterocycles. The van der Waals surface area contributed by atoms with Crippen molar-refractivity contribution in [3.05, 3.63) is 29.4 Å². The molecule has 1 aromatic rings. The minimum atomic E-state index is -0.168. The fraction of sp³-hybridized carbons (Fsp3) is 0.500. The van der Waals surface area contributed by atoms with Gasteiger partial charge < -0.3 is 9.62 Å². The van der Waals surface area contributed by atoms with Gasteiger partial charge in [0, 0.05) is 12.8 Å². The molecule has 1 aliphatic heterocycles. The van der Waals surface area contributed by atoms with Crippen LogP contribution in [0.4, 0.5) is 0 Å². The van der Waals surface area contributed by atoms with E-state index in [-0.39, 0.29) is 12.1 Å². The van der Waals surface area contributed by atoms with Gasteiger partial charge in [-0.2, -0.15) is 4.74 Å². The molecule has 2 aliphatic rings. The highest BCUT2D eigenvalue weighted by Crippen LogP contribution is 2.25. The first-order chi connectivity index (χ1) is 8.27. The minimum absolute atomic E-state index is 0.0834. The summed E-state index contributed by atoms with van der Waals surface area (Å²) in [6, 6.07) is 3.21. The van der Waals surface area contributed by atoms with Gasteiger partial charge in [0.2, 0.25) is 11.8 Å². The van der Waals surface area contributed by atoms with Crippen molar-refractivity contribution in [2.75, 3.05) is 0 Å². The molecule has 0 amide bonds. The maximum atomic E-state index is 12.3. The molecule has 3 rings (SSSR count). The Bertz CT molecular complexity index is 476. The van der Waals surface area contributed by atoms with Crippen LogP contribution in [0.3, 0.4) is 0 Å². The first-order valence-corrected chi connectivity index (χ1v) is 5.96. The fourth-order valence-corrected chi connectivity index (χ4v) is 2.73. The summed E-state index contributed by atoms with van der Waals surface area (Å²) < 4.78 is 7.40. The van der Waals surface area contributed by atoms with Gasteiger partial charge in [-0.05, 0) is 29.7 Å². The first kappa shape index (κ1) is 10.4. The van der Waals surface area contributed by atoms with Crippen LogP contribution in [0.15, 0.2) is 22.8 Å². The van der Waals surface area contributed by atoms with E-state index in [4.69, 9.17) is 4.42 Å². The van der Waals surface area contributed by atoms with Crippen molar-refractivity contribution in [2.45, 2.75) is 37.8 Å². The molecule has 1 N–H and O–H groups in total. The molecule has 1 fully saturated rings. The van der Waals surface area contributed by atoms with Crippen molar-refractivity contribution in [1.82, 2.24) is 0 Å². The number of hydrogen-bond donors (Lipinski definition) is 1. The van der Waals surface area contributed by atoms with E-state index in [0.29, 0.717) is 11.5 Å². The quantitative estimate of drug-likeness (QED) is 0.454. The van der Waals surface area contributed by atoms with Crippen LogP contribution >= 0.6 is 0 Å². The Balaban J connectivity index is 2.03. The van der Waals surface area contributed by atoms with Crippen molar-refractivity contribution in [1.29, 1.82) is 0 Å². The number of rotatable bonds is 1. The second-order valence-corrected chi connectivity index (χ2v) is 4.62. The summed E-state index contributed by atoms with van der Waals surface area (Å²) >= 11 is 0. The summed E-state index contributed by atoms with van der Waals surface area (Å²) in [6.45, 7) is 0. The monoisotopic (exact) mass is 235 g/mol. The summed E-state index contributed by atoms with van der Waals surface area (Å²) in [5.41, 5.74) is 0.403. The number of furan rings is 1. The third-order valence-corrected chi connectivity index (χ3v) is 3.60. The lowest BCUT2D eigenvalue weighted by atomic mass is 9.89. The molecular formula is C12H15N2O3+. The van der Waals surface area contributed by atoms with E-state index >= 15 is 0 Å². The van der Waals surface area contributed by atoms with Gasteiger partial charge in [-0.15, -0.1) is 0 Å². The fourth-order valence-electron chi connectivity index (χ4n) is 2.73. The summed E-state index contributed by atoms with van der Waals surface area (Å²) in [4.78, 5) is 0. The molecule has 0 unspecified atom stereocenters. The Morgan fingerprint density at radius 2 is 2.06 bits per heavy atom. The Morgan fingerprint density at radius 1 is 1.29 bits per heavy atom. The standard InChI is InChI=1S/C12H15N2O3/c15-13-8-11(12-6-3-7-17-12)14(16)10-5-2-1-4-9(10)13/h3,6-10,15H,1-2,4-5H2/q+1/t9-,10+/m0/s1. The van der Waals surface area contributed by atoms with Gasteiger partial charge in [-0.3, -0.25) is 5.21 Å². The van der Waals surface area contributed by atoms with Gasteiger partial charge in [-0.25, -0.2) is 0 Å². The molecular weight excluding hydrogens is 220 g/mol. The van der Waals surface area contributed by atoms with E-state index in [1.165, 1.54) is 17.2 Å². The third kappa shape index (κ3) is 1.62. The second-order valence-electron chi connectivity index (χ2n) is 4.62. The van der Waals surface area contributed by atoms with E-state index in [9.17, 15) is 10.4 Å². The third-order valence-electron chi connectivity index (χ3n) is 3.60. The van der Waals surface area contributed by atoms with E-state index in [0.717, 1.165) is 30.4 Å². The van der Waals surface area contributed by atoms with Gasteiger partial charge in [-0.1, -0.05) is 0 Å². The lowest BCUT2D eigenvalue weighted by Gasteiger charge is -2.27. The normalized spacial score (nSPS) is 28.8. The van der Waals surface area contributed by atoms with Gasteiger partial charge in [0.1, 0.15) is 0 Å². The molecule has 0 spiro atoms. The van der Waals surface area contributed by atoms with Crippen LogP contribution in [-0.4, -0.2) is 38.7 Å². The van der Waals surface area contributed by atoms with Crippen LogP contribution in [0.2, 0.25) is 0 Å². The Kier molecular flexibility index (Phi) is 2.39. The van der Waals surface area contributed by atoms with Crippen LogP contribution < -0.4 is 0 Å². The van der Waals surface area contributed by atoms with E-state index in [1.54, 1.807) is 12.1 Å². The largest absolute Gasteiger partial charge is 0.623 e. The predicted molar refractivity (Wildman–Crippen MR) is 60.6 cm³/mol. The van der Waals surface area contributed by atoms with Crippen LogP contribution in [0.1, 0.15) is 31.4 Å². The highest BCUT2D eigenvalue weighted by Gasteiger charge is 2.46. The van der Waals surface area contributed by atoms with Crippen LogP contribution in [0.25, 0.3) is 0 Å². The SMILES string of the molecule is [O-][N+]1=C(c2ccco2)C=[N+](O)[C@H]2CCCC[C@H]21. The molecule has 0 radical (unpaired) electrons. The predicted octanol–water partition coefficient (Wildman–Crippen LogP) is 1.38. The zero-order valence-corrected chi connectivity index (χ0v) is 9.45. The molecule has 0 aromatic carbocycles. The Labute approximate surface area is 98.8 Å². The Hall–Kier alpha value is -1.78. The average Bonchev–Trinajstić information content (AvgIpc) is 2.87. The van der Waals surface area contributed by atoms with Crippen molar-refractivity contribution in [2.24, 2.45) is 0 Å². The van der Waals surface area contributed by atoms with E-state index in [1.807, 2.05) is 0 Å². The molecule has 1 aromatic heterocycles. The van der Waals surface area contributed by atoms with Gasteiger partial charge in [0.05, 0.1) is 6.26 Å². The van der Waals surface area contributed by atoms with Crippen molar-refractivity contribution in [3.63, 3.8) is 0 Å². The summed E-state index contributed by atoms with van der Waals surface area (Å²) in [5.74, 6) is 0.503. The molecule has 5 heteroatoms. The van der Waals surface area contributed by atoms with E-state index in [2.05, 4.69) is 0 Å². The molecule has 0 bridgehead atoms. The van der Waals surface area contributed by atoms with Crippen LogP contribution in [0.5, 0.6) is 0 Å². The zero-order valence-electron chi connectivity index (χ0n) is 9.45. The maximum absolute atomic E-state index is 12.3. The van der Waals surface area contributed by atoms with Crippen LogP contribution in [0, 0.1) is 5.21 Å². The lowest BCUT2D eigenvalue weighted by Crippen LogP contribution is -2.51. The van der Waals surface area contributed by atoms with Crippen molar-refractivity contribution in [3.8, 4) is 0 Å². The number of hydroxylamine groups is 2. The van der Waals surface area contributed by atoms with Crippen LogP contribution in [-0.2, 0) is 0 Å². The van der Waals surface area contributed by atoms with Crippen molar-refractivity contribution >= 4 is 11.9 Å². The highest BCUT2D eigenvalue weighted by atomic mass is 16.5.